The Morgan fingerprint density at radius 1 is 0.795 bits per heavy atom. The summed E-state index contributed by atoms with van der Waals surface area (Å²) in [4.78, 5) is 83.1. The maximum absolute atomic E-state index is 13.2. The lowest BCUT2D eigenvalue weighted by Crippen LogP contribution is -2.62. The SMILES string of the molecule is [3H]C(P)C(=O)CNOC(=O)C[C@H](NC1CCC1N[C@@H](CC(=O)ONCC(=O)C([3H])P)C(=O)CCCOCCOCCNC)C(C)=O. The predicted molar refractivity (Wildman–Crippen MR) is 168 cm³/mol. The van der Waals surface area contributed by atoms with E-state index in [1.54, 1.807) is 0 Å². The minimum Gasteiger partial charge on any atom is -0.379 e. The molecule has 6 unspecified atom stereocenters. The highest BCUT2D eigenvalue weighted by Gasteiger charge is 2.37. The number of ether oxygens (including phenoxy) is 2. The average Bonchev–Trinajstić information content (AvgIpc) is 2.99. The second-order valence-corrected chi connectivity index (χ2v) is 10.7. The van der Waals surface area contributed by atoms with Gasteiger partial charge in [-0.1, -0.05) is 0 Å². The van der Waals surface area contributed by atoms with Crippen LogP contribution in [0.1, 0.15) is 48.2 Å². The Balaban J connectivity index is 2.70. The summed E-state index contributed by atoms with van der Waals surface area (Å²) in [7, 11) is 5.87. The van der Waals surface area contributed by atoms with Crippen molar-refractivity contribution in [3.63, 3.8) is 0 Å². The highest BCUT2D eigenvalue weighted by atomic mass is 31.0. The lowest BCUT2D eigenvalue weighted by Gasteiger charge is -2.41. The van der Waals surface area contributed by atoms with Gasteiger partial charge in [0.25, 0.3) is 0 Å². The van der Waals surface area contributed by atoms with Crippen LogP contribution in [0.3, 0.4) is 0 Å². The number of likely N-dealkylation sites (N-methyl/N-ethyl adjacent to an activating group) is 1. The van der Waals surface area contributed by atoms with Crippen molar-refractivity contribution in [3.8, 4) is 0 Å². The summed E-state index contributed by atoms with van der Waals surface area (Å²) in [5, 5.41) is 9.27. The highest BCUT2D eigenvalue weighted by Crippen LogP contribution is 2.23. The van der Waals surface area contributed by atoms with Crippen LogP contribution in [0.15, 0.2) is 0 Å². The van der Waals surface area contributed by atoms with Crippen LogP contribution in [0.2, 0.25) is 0 Å². The van der Waals surface area contributed by atoms with Crippen molar-refractivity contribution in [2.75, 3.05) is 65.4 Å². The Hall–Kier alpha value is -1.80. The fraction of sp³-hybridized carbons (Fsp3) is 0.778. The maximum Gasteiger partial charge on any atom is 0.326 e. The Morgan fingerprint density at radius 3 is 1.77 bits per heavy atom. The first-order valence-electron chi connectivity index (χ1n) is 15.6. The van der Waals surface area contributed by atoms with E-state index in [0.717, 1.165) is 6.54 Å². The number of carbonyl (C=O) groups excluding carboxylic acids is 6. The Bertz CT molecular complexity index is 999. The van der Waals surface area contributed by atoms with E-state index in [1.807, 2.05) is 25.5 Å². The van der Waals surface area contributed by atoms with Crippen LogP contribution in [-0.4, -0.2) is 125 Å². The van der Waals surface area contributed by atoms with Crippen LogP contribution in [-0.2, 0) is 47.9 Å². The number of hydrogen-bond acceptors (Lipinski definition) is 15. The molecular weight excluding hydrogens is 616 g/mol. The molecular formula is C27H49N5O10P2. The van der Waals surface area contributed by atoms with Gasteiger partial charge in [0.1, 0.15) is 11.6 Å². The van der Waals surface area contributed by atoms with Crippen molar-refractivity contribution in [2.24, 2.45) is 0 Å². The molecule has 0 heterocycles. The molecule has 0 amide bonds. The number of nitrogens with one attached hydrogen (secondary N) is 5. The summed E-state index contributed by atoms with van der Waals surface area (Å²) in [6.45, 7) is 3.03. The number of Topliss-reactive ketones (excluding diaryl/α,β-unsaturated/α-hetero) is 4. The number of hydroxylamine groups is 2. The molecule has 0 radical (unpaired) electrons. The van der Waals surface area contributed by atoms with Crippen molar-refractivity contribution in [3.05, 3.63) is 0 Å². The monoisotopic (exact) mass is 669 g/mol. The second kappa shape index (κ2) is 24.4. The third kappa shape index (κ3) is 18.2. The zero-order valence-corrected chi connectivity index (χ0v) is 27.7. The topological polar surface area (TPSA) is 199 Å². The van der Waals surface area contributed by atoms with Gasteiger partial charge in [-0.25, -0.2) is 0 Å². The van der Waals surface area contributed by atoms with Crippen molar-refractivity contribution in [2.45, 2.75) is 69.6 Å². The minimum atomic E-state index is -1.06. The van der Waals surface area contributed by atoms with Gasteiger partial charge in [-0.2, -0.15) is 0 Å². The molecule has 8 atom stereocenters. The molecule has 1 rings (SSSR count). The van der Waals surface area contributed by atoms with Crippen molar-refractivity contribution < 1.29 is 50.7 Å². The molecule has 0 aromatic carbocycles. The molecule has 0 aliphatic heterocycles. The molecule has 252 valence electrons. The average molecular weight is 670 g/mol. The standard InChI is InChI=1S/C27H49N5O10P2/c1-18(33)23(12-26(37)41-29-14-19(34)16-43)31-21-5-6-22(21)32-24(13-27(38)42-30-15-20(35)17-44)25(36)4-3-8-39-10-11-40-9-7-28-2/h21-24,28-32H,3-17,43-44H2,1-2H3/t21?,22?,23-,24-/m0/s1/i16T,17T/t16?,17?,21?,22?,23-,24-. The van der Waals surface area contributed by atoms with E-state index in [-0.39, 0.29) is 56.0 Å². The first-order valence-corrected chi connectivity index (χ1v) is 15.8. The van der Waals surface area contributed by atoms with Crippen LogP contribution < -0.4 is 26.9 Å². The van der Waals surface area contributed by atoms with Crippen LogP contribution in [0.5, 0.6) is 0 Å². The van der Waals surface area contributed by atoms with E-state index < -0.39 is 47.9 Å². The third-order valence-corrected chi connectivity index (χ3v) is 7.29. The van der Waals surface area contributed by atoms with Gasteiger partial charge in [0.05, 0.1) is 57.8 Å². The largest absolute Gasteiger partial charge is 0.379 e. The summed E-state index contributed by atoms with van der Waals surface area (Å²) in [6.07, 6.45) is -0.991. The summed E-state index contributed by atoms with van der Waals surface area (Å²) < 4.78 is 25.6. The van der Waals surface area contributed by atoms with Crippen molar-refractivity contribution >= 4 is 53.6 Å². The molecule has 1 aliphatic carbocycles. The van der Waals surface area contributed by atoms with Gasteiger partial charge in [0, 0.05) is 46.7 Å². The quantitative estimate of drug-likeness (QED) is 0.0362. The number of ketones is 4. The molecule has 17 heteroatoms. The molecule has 1 fully saturated rings. The molecule has 0 spiro atoms. The lowest BCUT2D eigenvalue weighted by atomic mass is 9.84. The van der Waals surface area contributed by atoms with Crippen molar-refractivity contribution in [1.29, 1.82) is 0 Å². The normalized spacial score (nSPS) is 19.4. The first-order chi connectivity index (χ1) is 21.8. The van der Waals surface area contributed by atoms with Crippen LogP contribution >= 0.6 is 18.5 Å². The first kappa shape index (κ1) is 36.7. The fourth-order valence-electron chi connectivity index (χ4n) is 3.93. The van der Waals surface area contributed by atoms with Gasteiger partial charge >= 0.3 is 11.9 Å². The molecule has 5 N–H and O–H groups in total. The lowest BCUT2D eigenvalue weighted by molar-refractivity contribution is -0.154. The summed E-state index contributed by atoms with van der Waals surface area (Å²) in [5.41, 5.74) is 4.44. The molecule has 1 aliphatic rings. The molecule has 0 aromatic rings. The zero-order chi connectivity index (χ0) is 34.5. The maximum atomic E-state index is 13.2. The van der Waals surface area contributed by atoms with E-state index in [0.29, 0.717) is 45.7 Å². The molecule has 44 heavy (non-hydrogen) atoms. The van der Waals surface area contributed by atoms with Gasteiger partial charge in [-0.15, -0.1) is 29.4 Å². The van der Waals surface area contributed by atoms with Crippen LogP contribution in [0, 0.1) is 0 Å². The number of carbonyl (C=O) groups is 6. The van der Waals surface area contributed by atoms with E-state index in [9.17, 15) is 28.8 Å². The summed E-state index contributed by atoms with van der Waals surface area (Å²) in [6, 6.07) is -2.45. The summed E-state index contributed by atoms with van der Waals surface area (Å²) in [5.74, 6) is -3.14. The molecule has 0 saturated heterocycles. The number of hydrogen-bond donors (Lipinski definition) is 5. The summed E-state index contributed by atoms with van der Waals surface area (Å²) >= 11 is 0. The van der Waals surface area contributed by atoms with E-state index in [2.05, 4.69) is 26.9 Å². The number of rotatable bonds is 28. The van der Waals surface area contributed by atoms with Gasteiger partial charge in [-0.3, -0.25) is 28.8 Å². The van der Waals surface area contributed by atoms with Crippen LogP contribution in [0.4, 0.5) is 0 Å². The van der Waals surface area contributed by atoms with Gasteiger partial charge in [0.15, 0.2) is 11.6 Å². The van der Waals surface area contributed by atoms with E-state index >= 15 is 0 Å². The minimum absolute atomic E-state index is 0.116. The van der Waals surface area contributed by atoms with Crippen LogP contribution in [0.25, 0.3) is 0 Å². The zero-order valence-electron chi connectivity index (χ0n) is 27.4. The second-order valence-electron chi connectivity index (χ2n) is 10.0. The Labute approximate surface area is 266 Å². The predicted octanol–water partition coefficient (Wildman–Crippen LogP) is -1.61. The third-order valence-electron chi connectivity index (χ3n) is 6.54. The Morgan fingerprint density at radius 2 is 1.30 bits per heavy atom. The molecule has 15 nitrogen and oxygen atoms in total. The highest BCUT2D eigenvalue weighted by molar-refractivity contribution is 7.18. The van der Waals surface area contributed by atoms with E-state index in [4.69, 9.17) is 21.9 Å². The van der Waals surface area contributed by atoms with Gasteiger partial charge < -0.3 is 35.1 Å². The van der Waals surface area contributed by atoms with Crippen molar-refractivity contribution in [1.82, 2.24) is 26.9 Å². The molecule has 0 bridgehead atoms. The van der Waals surface area contributed by atoms with E-state index in [1.165, 1.54) is 6.92 Å². The van der Waals surface area contributed by atoms with Gasteiger partial charge in [0.2, 0.25) is 0 Å². The Kier molecular flexibility index (Phi) is 20.4. The fourth-order valence-corrected chi connectivity index (χ4v) is 4.17. The smallest absolute Gasteiger partial charge is 0.326 e. The molecule has 1 saturated carbocycles. The molecule has 0 aromatic heterocycles. The van der Waals surface area contributed by atoms with Gasteiger partial charge in [-0.05, 0) is 33.2 Å².